The number of piperazine rings is 1. The first-order chi connectivity index (χ1) is 15.8. The Hall–Kier alpha value is -3.61. The predicted molar refractivity (Wildman–Crippen MR) is 107 cm³/mol. The lowest BCUT2D eigenvalue weighted by Gasteiger charge is -2.33. The summed E-state index contributed by atoms with van der Waals surface area (Å²) in [6, 6.07) is 9.05. The molecule has 0 unspecified atom stereocenters. The quantitative estimate of drug-likeness (QED) is 0.534. The highest BCUT2D eigenvalue weighted by Crippen LogP contribution is 2.34. The number of alkyl halides is 6. The molecule has 0 radical (unpaired) electrons. The van der Waals surface area contributed by atoms with Crippen LogP contribution < -0.4 is 10.6 Å². The van der Waals surface area contributed by atoms with Gasteiger partial charge in [-0.25, -0.2) is 4.79 Å². The monoisotopic (exact) mass is 489 g/mol. The van der Waals surface area contributed by atoms with Crippen LogP contribution in [0.2, 0.25) is 0 Å². The summed E-state index contributed by atoms with van der Waals surface area (Å²) >= 11 is 0. The molecule has 3 N–H and O–H groups in total. The third-order valence-electron chi connectivity index (χ3n) is 5.08. The Labute approximate surface area is 188 Å². The van der Waals surface area contributed by atoms with E-state index in [9.17, 15) is 35.9 Å². The van der Waals surface area contributed by atoms with E-state index in [2.05, 4.69) is 10.6 Å². The van der Waals surface area contributed by atoms with Gasteiger partial charge in [0.25, 0.3) is 5.91 Å². The normalized spacial score (nSPS) is 18.1. The Morgan fingerprint density at radius 1 is 1.00 bits per heavy atom. The van der Waals surface area contributed by atoms with Crippen molar-refractivity contribution in [3.63, 3.8) is 0 Å². The molecule has 182 valence electrons. The van der Waals surface area contributed by atoms with Gasteiger partial charge in [0.05, 0.1) is 16.8 Å². The molecule has 2 aliphatic heterocycles. The molecule has 2 aromatic rings. The average Bonchev–Trinajstić information content (AvgIpc) is 2.88. The van der Waals surface area contributed by atoms with Gasteiger partial charge in [0.15, 0.2) is 0 Å². The molecule has 13 heteroatoms. The third kappa shape index (κ3) is 5.47. The van der Waals surface area contributed by atoms with Gasteiger partial charge in [-0.1, -0.05) is 18.2 Å². The van der Waals surface area contributed by atoms with Crippen LogP contribution in [0.5, 0.6) is 0 Å². The van der Waals surface area contributed by atoms with Gasteiger partial charge < -0.3 is 20.6 Å². The summed E-state index contributed by atoms with van der Waals surface area (Å²) in [6.07, 6.45) is -9.53. The van der Waals surface area contributed by atoms with Crippen LogP contribution in [-0.4, -0.2) is 59.6 Å². The summed E-state index contributed by atoms with van der Waals surface area (Å²) in [5.41, 5.74) is 0.735. The van der Waals surface area contributed by atoms with Crippen LogP contribution in [0.1, 0.15) is 15.9 Å². The van der Waals surface area contributed by atoms with Crippen molar-refractivity contribution < 1.29 is 45.8 Å². The van der Waals surface area contributed by atoms with Gasteiger partial charge >= 0.3 is 18.3 Å². The van der Waals surface area contributed by atoms with E-state index >= 15 is 0 Å². The van der Waals surface area contributed by atoms with Gasteiger partial charge in [-0.15, -0.1) is 0 Å². The van der Waals surface area contributed by atoms with Gasteiger partial charge in [0.2, 0.25) is 5.91 Å². The van der Waals surface area contributed by atoms with Gasteiger partial charge in [0.1, 0.15) is 6.04 Å². The zero-order valence-electron chi connectivity index (χ0n) is 17.1. The van der Waals surface area contributed by atoms with E-state index in [0.717, 1.165) is 12.1 Å². The van der Waals surface area contributed by atoms with Crippen LogP contribution in [0.15, 0.2) is 42.5 Å². The predicted octanol–water partition coefficient (Wildman–Crippen LogP) is 3.37. The molecular weight excluding hydrogens is 472 g/mol. The Morgan fingerprint density at radius 3 is 2.26 bits per heavy atom. The molecule has 4 rings (SSSR count). The van der Waals surface area contributed by atoms with Crippen LogP contribution in [-0.2, 0) is 15.8 Å². The maximum atomic E-state index is 13.0. The molecule has 0 aliphatic carbocycles. The zero-order chi connectivity index (χ0) is 25.3. The van der Waals surface area contributed by atoms with Gasteiger partial charge in [0, 0.05) is 19.6 Å². The molecule has 0 aromatic heterocycles. The largest absolute Gasteiger partial charge is 0.490 e. The number of carboxylic acid groups (broad SMARTS) is 1. The fraction of sp³-hybridized carbons (Fsp3) is 0.286. The molecule has 0 bridgehead atoms. The van der Waals surface area contributed by atoms with E-state index in [4.69, 9.17) is 9.90 Å². The molecule has 2 amide bonds. The summed E-state index contributed by atoms with van der Waals surface area (Å²) in [4.78, 5) is 35.8. The number of fused-ring (bicyclic) bond motifs is 2. The number of carbonyl (C=O) groups excluding carboxylic acids is 2. The highest BCUT2D eigenvalue weighted by Gasteiger charge is 2.38. The number of nitrogens with one attached hydrogen (secondary N) is 2. The minimum Gasteiger partial charge on any atom is -0.475 e. The fourth-order valence-electron chi connectivity index (χ4n) is 3.44. The topological polar surface area (TPSA) is 98.7 Å². The van der Waals surface area contributed by atoms with E-state index in [1.807, 2.05) is 0 Å². The number of carboxylic acids is 1. The van der Waals surface area contributed by atoms with Crippen molar-refractivity contribution in [3.8, 4) is 11.1 Å². The Balaban J connectivity index is 0.000000406. The zero-order valence-corrected chi connectivity index (χ0v) is 17.1. The molecule has 0 spiro atoms. The summed E-state index contributed by atoms with van der Waals surface area (Å²) in [5.74, 6) is -3.34. The second-order valence-electron chi connectivity index (χ2n) is 7.35. The second-order valence-corrected chi connectivity index (χ2v) is 7.35. The second kappa shape index (κ2) is 9.33. The van der Waals surface area contributed by atoms with Crippen molar-refractivity contribution in [2.45, 2.75) is 18.4 Å². The van der Waals surface area contributed by atoms with Gasteiger partial charge in [-0.3, -0.25) is 9.59 Å². The molecule has 34 heavy (non-hydrogen) atoms. The summed E-state index contributed by atoms with van der Waals surface area (Å²) in [5, 5.41) is 13.0. The number of hydrogen-bond donors (Lipinski definition) is 3. The SMILES string of the molecule is O=C(O)C(F)(F)F.O=C1Nc2ccc(-c3cccc(C(F)(F)F)c3)cc2C(=O)N2CCNC[C@H]12. The van der Waals surface area contributed by atoms with E-state index < -0.39 is 29.9 Å². The van der Waals surface area contributed by atoms with E-state index in [0.29, 0.717) is 36.4 Å². The molecule has 0 saturated carbocycles. The third-order valence-corrected chi connectivity index (χ3v) is 5.08. The number of anilines is 1. The highest BCUT2D eigenvalue weighted by atomic mass is 19.4. The van der Waals surface area contributed by atoms with Gasteiger partial charge in [-0.2, -0.15) is 26.3 Å². The maximum Gasteiger partial charge on any atom is 0.490 e. The Bertz CT molecular complexity index is 1120. The molecule has 1 fully saturated rings. The average molecular weight is 489 g/mol. The molecule has 2 heterocycles. The maximum absolute atomic E-state index is 13.0. The van der Waals surface area contributed by atoms with Crippen molar-refractivity contribution >= 4 is 23.5 Å². The van der Waals surface area contributed by atoms with Crippen LogP contribution in [0.4, 0.5) is 32.0 Å². The Kier molecular flexibility index (Phi) is 6.87. The van der Waals surface area contributed by atoms with Crippen LogP contribution >= 0.6 is 0 Å². The minimum atomic E-state index is -5.08. The minimum absolute atomic E-state index is 0.277. The number of amides is 2. The number of aliphatic carboxylic acids is 1. The summed E-state index contributed by atoms with van der Waals surface area (Å²) in [6.45, 7) is 1.34. The number of benzene rings is 2. The Morgan fingerprint density at radius 2 is 1.65 bits per heavy atom. The van der Waals surface area contributed by atoms with E-state index in [1.54, 1.807) is 18.2 Å². The molecule has 2 aliphatic rings. The van der Waals surface area contributed by atoms with Crippen molar-refractivity contribution in [2.75, 3.05) is 25.0 Å². The summed E-state index contributed by atoms with van der Waals surface area (Å²) in [7, 11) is 0. The highest BCUT2D eigenvalue weighted by molar-refractivity contribution is 6.10. The molecular formula is C21H17F6N3O4. The van der Waals surface area contributed by atoms with E-state index in [1.165, 1.54) is 17.0 Å². The van der Waals surface area contributed by atoms with Crippen LogP contribution in [0.3, 0.4) is 0 Å². The molecule has 7 nitrogen and oxygen atoms in total. The lowest BCUT2D eigenvalue weighted by Crippen LogP contribution is -2.57. The lowest BCUT2D eigenvalue weighted by molar-refractivity contribution is -0.192. The smallest absolute Gasteiger partial charge is 0.475 e. The first-order valence-electron chi connectivity index (χ1n) is 9.73. The van der Waals surface area contributed by atoms with Gasteiger partial charge in [-0.05, 0) is 35.4 Å². The van der Waals surface area contributed by atoms with Crippen molar-refractivity contribution in [1.29, 1.82) is 0 Å². The summed E-state index contributed by atoms with van der Waals surface area (Å²) < 4.78 is 70.7. The van der Waals surface area contributed by atoms with Crippen LogP contribution in [0.25, 0.3) is 11.1 Å². The number of halogens is 6. The molecule has 2 aromatic carbocycles. The molecule has 1 atom stereocenters. The first-order valence-corrected chi connectivity index (χ1v) is 9.73. The first kappa shape index (κ1) is 25.0. The van der Waals surface area contributed by atoms with Crippen molar-refractivity contribution in [2.24, 2.45) is 0 Å². The number of nitrogens with zero attached hydrogens (tertiary/aromatic N) is 1. The van der Waals surface area contributed by atoms with Crippen molar-refractivity contribution in [3.05, 3.63) is 53.6 Å². The number of rotatable bonds is 1. The molecule has 1 saturated heterocycles. The lowest BCUT2D eigenvalue weighted by atomic mass is 9.99. The number of hydrogen-bond acceptors (Lipinski definition) is 4. The van der Waals surface area contributed by atoms with Crippen LogP contribution in [0, 0.1) is 0 Å². The van der Waals surface area contributed by atoms with Crippen molar-refractivity contribution in [1.82, 2.24) is 10.2 Å². The standard InChI is InChI=1S/C19H16F3N3O2.C2HF3O2/c20-19(21,22)13-3-1-2-11(8-13)12-4-5-15-14(9-12)18(27)25-7-6-23-10-16(25)17(26)24-15;3-2(4,5)1(6)7/h1-5,8-9,16,23H,6-7,10H2,(H,24,26);(H,6,7)/t16-;/m1./s1. The fourth-order valence-corrected chi connectivity index (χ4v) is 3.44. The number of carbonyl (C=O) groups is 3. The van der Waals surface area contributed by atoms with E-state index in [-0.39, 0.29) is 17.4 Å².